The first kappa shape index (κ1) is 15.6. The number of aromatic nitrogens is 3. The molecule has 4 aliphatic rings. The number of nitrogens with two attached hydrogens (primary N) is 1. The lowest BCUT2D eigenvalue weighted by atomic mass is 9.58. The molecule has 1 aromatic carbocycles. The van der Waals surface area contributed by atoms with Crippen LogP contribution in [0.1, 0.15) is 55.7 Å². The second-order valence-corrected chi connectivity index (χ2v) is 9.84. The average Bonchev–Trinajstić information content (AvgIpc) is 3.20. The molecule has 2 aliphatic heterocycles. The van der Waals surface area contributed by atoms with Gasteiger partial charge in [-0.2, -0.15) is 0 Å². The van der Waals surface area contributed by atoms with Crippen LogP contribution < -0.4 is 10.2 Å². The largest absolute Gasteiger partial charge is 0.345 e. The van der Waals surface area contributed by atoms with Crippen molar-refractivity contribution in [2.75, 3.05) is 13.1 Å². The van der Waals surface area contributed by atoms with Gasteiger partial charge in [-0.1, -0.05) is 11.6 Å². The number of benzene rings is 1. The Morgan fingerprint density at radius 2 is 2.00 bits per heavy atom. The van der Waals surface area contributed by atoms with E-state index in [4.69, 9.17) is 16.7 Å². The predicted octanol–water partition coefficient (Wildman–Crippen LogP) is 0.812. The summed E-state index contributed by atoms with van der Waals surface area (Å²) in [5.74, 6) is 2.88. The molecule has 3 heterocycles. The molecule has 0 amide bonds. The van der Waals surface area contributed by atoms with Crippen molar-refractivity contribution in [2.45, 2.75) is 57.2 Å². The zero-order chi connectivity index (χ0) is 17.5. The van der Waals surface area contributed by atoms with Crippen LogP contribution in [-0.4, -0.2) is 33.4 Å². The van der Waals surface area contributed by atoms with Gasteiger partial charge in [-0.25, -0.2) is 0 Å². The molecular formula is C20H26ClN5+2. The van der Waals surface area contributed by atoms with Crippen LogP contribution in [0.25, 0.3) is 5.69 Å². The second-order valence-electron chi connectivity index (χ2n) is 9.40. The number of hydrogen-bond acceptors (Lipinski definition) is 2. The zero-order valence-electron chi connectivity index (χ0n) is 15.3. The van der Waals surface area contributed by atoms with Crippen molar-refractivity contribution in [3.63, 3.8) is 0 Å². The monoisotopic (exact) mass is 371 g/mol. The van der Waals surface area contributed by atoms with E-state index >= 15 is 0 Å². The summed E-state index contributed by atoms with van der Waals surface area (Å²) in [6, 6.07) is 6.35. The van der Waals surface area contributed by atoms with Crippen molar-refractivity contribution < 1.29 is 10.2 Å². The third kappa shape index (κ3) is 2.17. The third-order valence-electron chi connectivity index (χ3n) is 7.55. The molecular weight excluding hydrogens is 346 g/mol. The van der Waals surface area contributed by atoms with Crippen LogP contribution in [0.4, 0.5) is 0 Å². The van der Waals surface area contributed by atoms with Crippen LogP contribution in [0.3, 0.4) is 0 Å². The minimum absolute atomic E-state index is 0.392. The first-order chi connectivity index (χ1) is 12.6. The number of nitrogens with one attached hydrogen (secondary N) is 1. The highest BCUT2D eigenvalue weighted by Gasteiger charge is 2.55. The summed E-state index contributed by atoms with van der Waals surface area (Å²) in [5, 5.41) is 12.6. The van der Waals surface area contributed by atoms with Gasteiger partial charge in [0.25, 0.3) is 0 Å². The first-order valence-electron chi connectivity index (χ1n) is 9.95. The lowest BCUT2D eigenvalue weighted by Gasteiger charge is -2.50. The Balaban J connectivity index is 1.44. The van der Waals surface area contributed by atoms with Crippen molar-refractivity contribution >= 4 is 11.6 Å². The molecule has 6 rings (SSSR count). The van der Waals surface area contributed by atoms with Gasteiger partial charge in [-0.3, -0.25) is 4.57 Å². The molecule has 0 bridgehead atoms. The number of fused-ring (bicyclic) bond motifs is 3. The van der Waals surface area contributed by atoms with Gasteiger partial charge in [0.05, 0.1) is 29.7 Å². The molecule has 1 unspecified atom stereocenters. The van der Waals surface area contributed by atoms with Crippen LogP contribution in [0.2, 0.25) is 5.02 Å². The Hall–Kier alpha value is -1.43. The standard InChI is InChI=1S/C20H24ClN5/c1-19(4-5-19)25-9-13-6-15(21)2-3-16(13)26-17(10-25)23-24-18(26)14-7-20(8-14)11-22-12-20/h2-3,6,14,22H,4-5,7-12H2,1H3/p+2. The Morgan fingerprint density at radius 3 is 2.69 bits per heavy atom. The van der Waals surface area contributed by atoms with E-state index in [0.29, 0.717) is 16.9 Å². The fraction of sp³-hybridized carbons (Fsp3) is 0.600. The van der Waals surface area contributed by atoms with E-state index in [1.54, 1.807) is 4.90 Å². The summed E-state index contributed by atoms with van der Waals surface area (Å²) >= 11 is 6.36. The summed E-state index contributed by atoms with van der Waals surface area (Å²) < 4.78 is 2.38. The molecule has 26 heavy (non-hydrogen) atoms. The van der Waals surface area contributed by atoms with Gasteiger partial charge in [0.1, 0.15) is 18.9 Å². The highest BCUT2D eigenvalue weighted by atomic mass is 35.5. The van der Waals surface area contributed by atoms with Crippen LogP contribution in [0, 0.1) is 5.41 Å². The summed E-state index contributed by atoms with van der Waals surface area (Å²) in [6.45, 7) is 6.99. The Bertz CT molecular complexity index is 888. The molecule has 6 heteroatoms. The number of hydrogen-bond donors (Lipinski definition) is 2. The van der Waals surface area contributed by atoms with Gasteiger partial charge in [0, 0.05) is 29.3 Å². The molecule has 1 atom stereocenters. The highest BCUT2D eigenvalue weighted by molar-refractivity contribution is 6.30. The number of halogens is 1. The first-order valence-corrected chi connectivity index (χ1v) is 10.3. The van der Waals surface area contributed by atoms with Crippen LogP contribution in [0.5, 0.6) is 0 Å². The maximum Gasteiger partial charge on any atom is 0.192 e. The van der Waals surface area contributed by atoms with Crippen molar-refractivity contribution in [2.24, 2.45) is 5.41 Å². The van der Waals surface area contributed by atoms with Crippen molar-refractivity contribution in [1.82, 2.24) is 14.8 Å². The number of nitrogens with zero attached hydrogens (tertiary/aromatic N) is 3. The van der Waals surface area contributed by atoms with Crippen molar-refractivity contribution in [3.05, 3.63) is 40.4 Å². The fourth-order valence-electron chi connectivity index (χ4n) is 5.39. The Morgan fingerprint density at radius 1 is 1.19 bits per heavy atom. The summed E-state index contributed by atoms with van der Waals surface area (Å²) in [7, 11) is 0. The smallest absolute Gasteiger partial charge is 0.192 e. The quantitative estimate of drug-likeness (QED) is 0.821. The fourth-order valence-corrected chi connectivity index (χ4v) is 5.59. The maximum absolute atomic E-state index is 6.36. The third-order valence-corrected chi connectivity index (χ3v) is 7.78. The SMILES string of the molecule is CC1([NH+]2Cc3cc(Cl)ccc3-n3c(nnc3C3CC4(C[NH2+]C4)C3)C2)CC1. The molecule has 1 aromatic heterocycles. The minimum atomic E-state index is 0.392. The van der Waals surface area contributed by atoms with Gasteiger partial charge in [-0.05, 0) is 38.0 Å². The summed E-state index contributed by atoms with van der Waals surface area (Å²) in [5.41, 5.74) is 3.59. The summed E-state index contributed by atoms with van der Waals surface area (Å²) in [6.07, 6.45) is 5.17. The summed E-state index contributed by atoms with van der Waals surface area (Å²) in [4.78, 5) is 1.61. The van der Waals surface area contributed by atoms with E-state index in [0.717, 1.165) is 23.9 Å². The lowest BCUT2D eigenvalue weighted by Crippen LogP contribution is -3.14. The van der Waals surface area contributed by atoms with Crippen molar-refractivity contribution in [1.29, 1.82) is 0 Å². The van der Waals surface area contributed by atoms with Gasteiger partial charge < -0.3 is 10.2 Å². The molecule has 5 nitrogen and oxygen atoms in total. The molecule has 2 saturated carbocycles. The van der Waals surface area contributed by atoms with E-state index < -0.39 is 0 Å². The molecule has 1 saturated heterocycles. The number of quaternary nitrogens is 2. The van der Waals surface area contributed by atoms with Crippen LogP contribution >= 0.6 is 11.6 Å². The second kappa shape index (κ2) is 5.09. The van der Waals surface area contributed by atoms with Crippen LogP contribution in [-0.2, 0) is 13.1 Å². The molecule has 1 spiro atoms. The molecule has 136 valence electrons. The van der Waals surface area contributed by atoms with Gasteiger partial charge >= 0.3 is 0 Å². The number of rotatable bonds is 2. The lowest BCUT2D eigenvalue weighted by molar-refractivity contribution is -0.961. The van der Waals surface area contributed by atoms with E-state index in [1.807, 2.05) is 6.07 Å². The molecule has 2 aromatic rings. The molecule has 3 fully saturated rings. The van der Waals surface area contributed by atoms with Crippen molar-refractivity contribution in [3.8, 4) is 5.69 Å². The molecule has 2 aliphatic carbocycles. The predicted molar refractivity (Wildman–Crippen MR) is 98.4 cm³/mol. The Labute approximate surface area is 158 Å². The zero-order valence-corrected chi connectivity index (χ0v) is 16.0. The van der Waals surface area contributed by atoms with Gasteiger partial charge in [-0.15, -0.1) is 10.2 Å². The molecule has 0 radical (unpaired) electrons. The highest BCUT2D eigenvalue weighted by Crippen LogP contribution is 2.51. The van der Waals surface area contributed by atoms with E-state index in [-0.39, 0.29) is 0 Å². The van der Waals surface area contributed by atoms with E-state index in [9.17, 15) is 0 Å². The van der Waals surface area contributed by atoms with E-state index in [2.05, 4.69) is 34.0 Å². The van der Waals surface area contributed by atoms with E-state index in [1.165, 1.54) is 55.8 Å². The average molecular weight is 372 g/mol. The minimum Gasteiger partial charge on any atom is -0.345 e. The topological polar surface area (TPSA) is 51.8 Å². The normalized spacial score (nSPS) is 27.8. The van der Waals surface area contributed by atoms with Gasteiger partial charge in [0.15, 0.2) is 5.82 Å². The molecule has 3 N–H and O–H groups in total. The van der Waals surface area contributed by atoms with Gasteiger partial charge in [0.2, 0.25) is 0 Å². The van der Waals surface area contributed by atoms with Crippen LogP contribution in [0.15, 0.2) is 18.2 Å². The Kier molecular flexibility index (Phi) is 3.06. The maximum atomic E-state index is 6.36.